The number of sulfonamides is 1. The van der Waals surface area contributed by atoms with Gasteiger partial charge in [0.25, 0.3) is 5.91 Å². The quantitative estimate of drug-likeness (QED) is 0.617. The molecule has 0 unspecified atom stereocenters. The van der Waals surface area contributed by atoms with E-state index in [-0.39, 0.29) is 10.8 Å². The van der Waals surface area contributed by atoms with Gasteiger partial charge in [0.15, 0.2) is 0 Å². The van der Waals surface area contributed by atoms with Crippen molar-refractivity contribution in [1.29, 1.82) is 0 Å². The second-order valence-electron chi connectivity index (χ2n) is 8.32. The Hall–Kier alpha value is -2.62. The molecule has 1 N–H and O–H groups in total. The van der Waals surface area contributed by atoms with Gasteiger partial charge in [-0.05, 0) is 66.6 Å². The summed E-state index contributed by atoms with van der Waals surface area (Å²) in [6.07, 6.45) is 4.32. The van der Waals surface area contributed by atoms with Crippen LogP contribution < -0.4 is 10.2 Å². The topological polar surface area (TPSA) is 74.6 Å². The number of carbonyl (C=O) groups excluding carboxylic acids is 1. The molecule has 168 valence electrons. The van der Waals surface area contributed by atoms with E-state index in [0.29, 0.717) is 24.5 Å². The van der Waals surface area contributed by atoms with Crippen LogP contribution in [0.4, 0.5) is 11.4 Å². The maximum Gasteiger partial charge on any atom is 0.272 e. The Bertz CT molecular complexity index is 1240. The van der Waals surface area contributed by atoms with Crippen molar-refractivity contribution in [3.05, 3.63) is 64.1 Å². The highest BCUT2D eigenvalue weighted by Gasteiger charge is 2.29. The average Bonchev–Trinajstić information content (AvgIpc) is 3.54. The predicted octanol–water partition coefficient (Wildman–Crippen LogP) is 3.69. The molecule has 0 radical (unpaired) electrons. The molecule has 0 bridgehead atoms. The van der Waals surface area contributed by atoms with Crippen LogP contribution in [0.5, 0.6) is 0 Å². The van der Waals surface area contributed by atoms with Crippen LogP contribution in [-0.2, 0) is 30.0 Å². The van der Waals surface area contributed by atoms with Gasteiger partial charge < -0.3 is 14.8 Å². The molecule has 0 atom stereocenters. The smallest absolute Gasteiger partial charge is 0.272 e. The van der Waals surface area contributed by atoms with Crippen LogP contribution in [0.25, 0.3) is 0 Å². The molecule has 2 aromatic heterocycles. The number of thiophene rings is 1. The lowest BCUT2D eigenvalue weighted by Gasteiger charge is -2.29. The summed E-state index contributed by atoms with van der Waals surface area (Å²) in [5, 5.41) is 5.04. The van der Waals surface area contributed by atoms with Crippen LogP contribution in [0.3, 0.4) is 0 Å². The monoisotopic (exact) mass is 470 g/mol. The van der Waals surface area contributed by atoms with Gasteiger partial charge >= 0.3 is 0 Å². The molecule has 1 saturated heterocycles. The fourth-order valence-corrected chi connectivity index (χ4v) is 6.88. The van der Waals surface area contributed by atoms with Gasteiger partial charge in [-0.2, -0.15) is 4.31 Å². The molecule has 3 aromatic rings. The number of carbonyl (C=O) groups is 1. The van der Waals surface area contributed by atoms with Gasteiger partial charge in [0.2, 0.25) is 10.0 Å². The Balaban J connectivity index is 1.28. The number of aromatic nitrogens is 1. The summed E-state index contributed by atoms with van der Waals surface area (Å²) in [7, 11) is -1.86. The highest BCUT2D eigenvalue weighted by atomic mass is 32.2. The van der Waals surface area contributed by atoms with Gasteiger partial charge in [-0.3, -0.25) is 4.79 Å². The maximum atomic E-state index is 12.8. The molecule has 0 aliphatic carbocycles. The van der Waals surface area contributed by atoms with Crippen molar-refractivity contribution in [2.24, 2.45) is 7.05 Å². The summed E-state index contributed by atoms with van der Waals surface area (Å²) >= 11 is 1.82. The first-order chi connectivity index (χ1) is 15.4. The van der Waals surface area contributed by atoms with Crippen molar-refractivity contribution in [3.8, 4) is 0 Å². The number of benzene rings is 1. The third kappa shape index (κ3) is 3.96. The van der Waals surface area contributed by atoms with E-state index in [1.54, 1.807) is 11.6 Å². The average molecular weight is 471 g/mol. The van der Waals surface area contributed by atoms with Crippen molar-refractivity contribution in [3.63, 3.8) is 0 Å². The van der Waals surface area contributed by atoms with Crippen LogP contribution in [-0.4, -0.2) is 42.8 Å². The lowest BCUT2D eigenvalue weighted by molar-refractivity contribution is 0.101. The van der Waals surface area contributed by atoms with E-state index >= 15 is 0 Å². The van der Waals surface area contributed by atoms with E-state index in [9.17, 15) is 13.2 Å². The molecular formula is C23H26N4O3S2. The zero-order valence-electron chi connectivity index (χ0n) is 18.0. The number of amides is 1. The van der Waals surface area contributed by atoms with E-state index in [2.05, 4.69) is 21.7 Å². The minimum Gasteiger partial charge on any atom is -0.367 e. The Kier molecular flexibility index (Phi) is 5.56. The van der Waals surface area contributed by atoms with E-state index in [4.69, 9.17) is 0 Å². The highest BCUT2D eigenvalue weighted by Crippen LogP contribution is 2.29. The maximum absolute atomic E-state index is 12.8. The molecule has 9 heteroatoms. The standard InChI is InChI=1S/C23H26N4O3S2/c1-25-16-20(32(29,30)27-10-2-3-11-27)14-21(25)23(28)24-18-4-6-19(7-5-18)26-12-8-22-17(15-26)9-13-31-22/h4-7,9,13-14,16H,2-3,8,10-12,15H2,1H3,(H,24,28). The second-order valence-corrected chi connectivity index (χ2v) is 11.3. The number of nitrogens with zero attached hydrogens (tertiary/aromatic N) is 3. The fourth-order valence-electron chi connectivity index (χ4n) is 4.40. The molecule has 5 rings (SSSR count). The molecule has 0 saturated carbocycles. The van der Waals surface area contributed by atoms with Crippen molar-refractivity contribution in [2.45, 2.75) is 30.7 Å². The number of rotatable bonds is 5. The minimum absolute atomic E-state index is 0.167. The number of hydrogen-bond donors (Lipinski definition) is 1. The summed E-state index contributed by atoms with van der Waals surface area (Å²) in [5.41, 5.74) is 3.50. The molecule has 4 heterocycles. The molecule has 2 aliphatic rings. The summed E-state index contributed by atoms with van der Waals surface area (Å²) in [6.45, 7) is 2.96. The second kappa shape index (κ2) is 8.38. The first-order valence-corrected chi connectivity index (χ1v) is 13.1. The van der Waals surface area contributed by atoms with E-state index in [1.807, 2.05) is 35.6 Å². The number of fused-ring (bicyclic) bond motifs is 1. The molecule has 1 aromatic carbocycles. The largest absolute Gasteiger partial charge is 0.367 e. The molecule has 7 nitrogen and oxygen atoms in total. The zero-order valence-corrected chi connectivity index (χ0v) is 19.6. The molecule has 0 spiro atoms. The number of nitrogens with one attached hydrogen (secondary N) is 1. The molecule has 32 heavy (non-hydrogen) atoms. The summed E-state index contributed by atoms with van der Waals surface area (Å²) < 4.78 is 28.7. The first-order valence-electron chi connectivity index (χ1n) is 10.8. The van der Waals surface area contributed by atoms with E-state index in [1.165, 1.54) is 27.0 Å². The van der Waals surface area contributed by atoms with Crippen molar-refractivity contribution in [2.75, 3.05) is 29.9 Å². The number of hydrogen-bond acceptors (Lipinski definition) is 5. The Morgan fingerprint density at radius 3 is 2.56 bits per heavy atom. The van der Waals surface area contributed by atoms with Crippen LogP contribution in [0.1, 0.15) is 33.8 Å². The third-order valence-electron chi connectivity index (χ3n) is 6.21. The van der Waals surface area contributed by atoms with Gasteiger partial charge in [0.05, 0.1) is 0 Å². The van der Waals surface area contributed by atoms with Gasteiger partial charge in [0.1, 0.15) is 10.6 Å². The van der Waals surface area contributed by atoms with Crippen LogP contribution in [0.2, 0.25) is 0 Å². The molecule has 2 aliphatic heterocycles. The number of anilines is 2. The normalized spacial score (nSPS) is 16.8. The van der Waals surface area contributed by atoms with Gasteiger partial charge in [-0.1, -0.05) is 0 Å². The highest BCUT2D eigenvalue weighted by molar-refractivity contribution is 7.89. The van der Waals surface area contributed by atoms with Crippen LogP contribution in [0.15, 0.2) is 52.9 Å². The van der Waals surface area contributed by atoms with Crippen LogP contribution in [0, 0.1) is 0 Å². The zero-order chi connectivity index (χ0) is 22.3. The SMILES string of the molecule is Cn1cc(S(=O)(=O)N2CCCC2)cc1C(=O)Nc1ccc(N2CCc3sccc3C2)cc1. The summed E-state index contributed by atoms with van der Waals surface area (Å²) in [6, 6.07) is 11.5. The molecule has 1 fully saturated rings. The van der Waals surface area contributed by atoms with Gasteiger partial charge in [0, 0.05) is 55.7 Å². The number of aryl methyl sites for hydroxylation is 1. The van der Waals surface area contributed by atoms with Crippen molar-refractivity contribution >= 4 is 38.6 Å². The van der Waals surface area contributed by atoms with E-state index in [0.717, 1.165) is 38.0 Å². The Morgan fingerprint density at radius 2 is 1.81 bits per heavy atom. The molecule has 1 amide bonds. The van der Waals surface area contributed by atoms with Crippen molar-refractivity contribution in [1.82, 2.24) is 8.87 Å². The summed E-state index contributed by atoms with van der Waals surface area (Å²) in [4.78, 5) is 16.8. The lowest BCUT2D eigenvalue weighted by atomic mass is 10.1. The third-order valence-corrected chi connectivity index (χ3v) is 9.10. The van der Waals surface area contributed by atoms with Gasteiger partial charge in [-0.25, -0.2) is 8.42 Å². The fraction of sp³-hybridized carbons (Fsp3) is 0.348. The summed E-state index contributed by atoms with van der Waals surface area (Å²) in [5.74, 6) is -0.330. The van der Waals surface area contributed by atoms with Crippen LogP contribution >= 0.6 is 11.3 Å². The predicted molar refractivity (Wildman–Crippen MR) is 127 cm³/mol. The Labute approximate surface area is 192 Å². The molecular weight excluding hydrogens is 444 g/mol. The Morgan fingerprint density at radius 1 is 1.06 bits per heavy atom. The lowest BCUT2D eigenvalue weighted by Crippen LogP contribution is -2.29. The van der Waals surface area contributed by atoms with Gasteiger partial charge in [-0.15, -0.1) is 11.3 Å². The van der Waals surface area contributed by atoms with Crippen molar-refractivity contribution < 1.29 is 13.2 Å². The van der Waals surface area contributed by atoms with E-state index < -0.39 is 10.0 Å². The minimum atomic E-state index is -3.55. The first kappa shape index (κ1) is 21.2.